The maximum absolute atomic E-state index is 5.11. The van der Waals surface area contributed by atoms with E-state index in [4.69, 9.17) is 24.9 Å². The predicted molar refractivity (Wildman–Crippen MR) is 610 cm³/mol. The molecule has 0 saturated carbocycles. The second-order valence-corrected chi connectivity index (χ2v) is 39.6. The van der Waals surface area contributed by atoms with Gasteiger partial charge in [-0.1, -0.05) is 394 Å². The first-order valence-corrected chi connectivity index (χ1v) is 51.0. The van der Waals surface area contributed by atoms with Gasteiger partial charge in [-0.05, 0) is 176 Å². The summed E-state index contributed by atoms with van der Waals surface area (Å²) >= 11 is 5.61. The summed E-state index contributed by atoms with van der Waals surface area (Å²) in [6.45, 7) is 0. The molecule has 674 valence electrons. The van der Waals surface area contributed by atoms with E-state index in [0.29, 0.717) is 23.4 Å². The molecule has 0 unspecified atom stereocenters. The summed E-state index contributed by atoms with van der Waals surface area (Å²) in [5.74, 6) is 2.59. The van der Waals surface area contributed by atoms with Crippen LogP contribution in [0.2, 0.25) is 0 Å². The lowest BCUT2D eigenvalue weighted by Crippen LogP contribution is -2.06. The highest BCUT2D eigenvalue weighted by Crippen LogP contribution is 2.49. The van der Waals surface area contributed by atoms with Crippen LogP contribution < -0.4 is 0 Å². The van der Waals surface area contributed by atoms with Gasteiger partial charge >= 0.3 is 0 Å². The molecule has 0 aliphatic heterocycles. The van der Waals surface area contributed by atoms with Crippen molar-refractivity contribution < 1.29 is 0 Å². The van der Waals surface area contributed by atoms with Crippen molar-refractivity contribution in [3.63, 3.8) is 0 Å². The van der Waals surface area contributed by atoms with Crippen LogP contribution in [0.25, 0.3) is 267 Å². The molecular formula is C133H84N8S3. The fraction of sp³-hybridized carbons (Fsp3) is 0. The molecule has 0 radical (unpaired) electrons. The molecule has 11 heteroatoms. The minimum Gasteiger partial charge on any atom is -0.309 e. The van der Waals surface area contributed by atoms with Crippen molar-refractivity contribution in [2.24, 2.45) is 0 Å². The molecule has 8 heterocycles. The Morgan fingerprint density at radius 3 is 0.986 bits per heavy atom. The highest BCUT2D eigenvalue weighted by atomic mass is 32.1. The molecule has 0 spiro atoms. The number of hydrogen-bond acceptors (Lipinski definition) is 8. The van der Waals surface area contributed by atoms with E-state index in [1.807, 2.05) is 119 Å². The zero-order valence-electron chi connectivity index (χ0n) is 77.8. The van der Waals surface area contributed by atoms with Crippen LogP contribution in [0, 0.1) is 0 Å². The highest BCUT2D eigenvalue weighted by molar-refractivity contribution is 7.27. The van der Waals surface area contributed by atoms with E-state index in [1.54, 1.807) is 0 Å². The number of benzene rings is 21. The number of para-hydroxylation sites is 3. The molecule has 0 saturated heterocycles. The third kappa shape index (κ3) is 15.3. The van der Waals surface area contributed by atoms with Gasteiger partial charge in [0.1, 0.15) is 0 Å². The van der Waals surface area contributed by atoms with Crippen LogP contribution in [0.5, 0.6) is 0 Å². The van der Waals surface area contributed by atoms with Gasteiger partial charge in [0.2, 0.25) is 5.95 Å². The molecule has 0 aliphatic rings. The van der Waals surface area contributed by atoms with Crippen molar-refractivity contribution in [3.05, 3.63) is 510 Å². The van der Waals surface area contributed by atoms with Crippen LogP contribution in [0.1, 0.15) is 0 Å². The molecule has 0 N–H and O–H groups in total. The summed E-state index contributed by atoms with van der Waals surface area (Å²) in [6.07, 6.45) is 0. The third-order valence-electron chi connectivity index (χ3n) is 27.9. The molecule has 0 aliphatic carbocycles. The molecule has 21 aromatic carbocycles. The van der Waals surface area contributed by atoms with Gasteiger partial charge in [-0.2, -0.15) is 9.97 Å². The molecule has 8 nitrogen and oxygen atoms in total. The summed E-state index contributed by atoms with van der Waals surface area (Å²) in [5.41, 5.74) is 30.6. The first kappa shape index (κ1) is 85.0. The minimum atomic E-state index is 0.594. The first-order chi connectivity index (χ1) is 71.4. The van der Waals surface area contributed by atoms with Crippen LogP contribution in [-0.2, 0) is 0 Å². The van der Waals surface area contributed by atoms with E-state index < -0.39 is 0 Å². The van der Waals surface area contributed by atoms with Crippen molar-refractivity contribution in [2.45, 2.75) is 0 Å². The number of fused-ring (bicyclic) bond motifs is 18. The number of aromatic nitrogens is 8. The Hall–Kier alpha value is -18.2. The molecule has 144 heavy (non-hydrogen) atoms. The summed E-state index contributed by atoms with van der Waals surface area (Å²) in [5, 5.41) is 15.2. The second kappa shape index (κ2) is 36.2. The maximum atomic E-state index is 5.11. The summed E-state index contributed by atoms with van der Waals surface area (Å²) in [6, 6.07) is 182. The van der Waals surface area contributed by atoms with Gasteiger partial charge in [0.05, 0.1) is 50.2 Å². The van der Waals surface area contributed by atoms with Crippen LogP contribution in [0.4, 0.5) is 0 Å². The fourth-order valence-corrected chi connectivity index (χ4v) is 24.6. The molecule has 0 bridgehead atoms. The Labute approximate surface area is 842 Å². The third-order valence-corrected chi connectivity index (χ3v) is 31.5. The van der Waals surface area contributed by atoms with Gasteiger partial charge in [-0.25, -0.2) is 15.0 Å². The number of hydrogen-bond donors (Lipinski definition) is 0. The van der Waals surface area contributed by atoms with Crippen LogP contribution in [0.15, 0.2) is 510 Å². The van der Waals surface area contributed by atoms with Gasteiger partial charge in [0.15, 0.2) is 17.5 Å². The van der Waals surface area contributed by atoms with Gasteiger partial charge in [0, 0.05) is 132 Å². The minimum absolute atomic E-state index is 0.594. The summed E-state index contributed by atoms with van der Waals surface area (Å²) in [4.78, 5) is 25.2. The van der Waals surface area contributed by atoms with Crippen molar-refractivity contribution in [1.82, 2.24) is 38.6 Å². The van der Waals surface area contributed by atoms with E-state index in [0.717, 1.165) is 66.7 Å². The van der Waals surface area contributed by atoms with Gasteiger partial charge in [-0.3, -0.25) is 4.57 Å². The summed E-state index contributed by atoms with van der Waals surface area (Å²) in [7, 11) is 0. The van der Waals surface area contributed by atoms with Crippen molar-refractivity contribution >= 4 is 160 Å². The Kier molecular flexibility index (Phi) is 21.4. The largest absolute Gasteiger partial charge is 0.309 e. The van der Waals surface area contributed by atoms with E-state index in [2.05, 4.69) is 438 Å². The standard InChI is InChI=1S/C46H29N3S.C45H28N4S.C42H27NS/c1-3-12-30(13-4-1)40-29-41(48-46(47-40)31-14-5-2-6-15-31)34-16-11-17-35(26-34)49-42-20-9-7-18-36(42)38-27-32(22-24-43(38)49)33-23-25-45-39(28-33)37-19-8-10-21-44(37)50-45;1-4-14-29(15-5-1)33-21-12-23-36-37-24-13-22-34(42(37)50-41(33)36)32-26-27-40-38(28-32)35-20-10-11-25-39(35)49(40)45-47-43(30-16-6-2-7-17-30)46-44(48-45)31-18-8-3-9-19-31;1-3-11-28(12-4-1)32-19-22-33(29-13-5-2-6-14-29)40(27-32)43-38-17-9-7-15-34(38)36-25-30(20-23-39(36)43)31-21-24-42-37(26-31)35-16-8-10-18-41(35)44-42/h1-29H;1-28H;1-27H. The van der Waals surface area contributed by atoms with E-state index >= 15 is 0 Å². The quantitative estimate of drug-likeness (QED) is 0.108. The lowest BCUT2D eigenvalue weighted by Gasteiger charge is -2.16. The van der Waals surface area contributed by atoms with Crippen LogP contribution >= 0.6 is 34.0 Å². The zero-order chi connectivity index (χ0) is 95.1. The molecule has 29 aromatic rings. The lowest BCUT2D eigenvalue weighted by atomic mass is 9.98. The molecule has 8 aromatic heterocycles. The fourth-order valence-electron chi connectivity index (χ4n) is 21.1. The Morgan fingerprint density at radius 1 is 0.153 bits per heavy atom. The van der Waals surface area contributed by atoms with E-state index in [-0.39, 0.29) is 0 Å². The van der Waals surface area contributed by atoms with Crippen LogP contribution in [-0.4, -0.2) is 38.6 Å². The van der Waals surface area contributed by atoms with E-state index in [9.17, 15) is 0 Å². The van der Waals surface area contributed by atoms with Crippen LogP contribution in [0.3, 0.4) is 0 Å². The summed E-state index contributed by atoms with van der Waals surface area (Å²) < 4.78 is 15.0. The number of thiophene rings is 3. The van der Waals surface area contributed by atoms with Gasteiger partial charge < -0.3 is 9.13 Å². The lowest BCUT2D eigenvalue weighted by molar-refractivity contribution is 0.953. The van der Waals surface area contributed by atoms with Crippen molar-refractivity contribution in [1.29, 1.82) is 0 Å². The maximum Gasteiger partial charge on any atom is 0.238 e. The van der Waals surface area contributed by atoms with E-state index in [1.165, 1.54) is 177 Å². The first-order valence-electron chi connectivity index (χ1n) is 48.5. The Morgan fingerprint density at radius 2 is 0.479 bits per heavy atom. The predicted octanol–water partition coefficient (Wildman–Crippen LogP) is 36.8. The Balaban J connectivity index is 0.000000108. The van der Waals surface area contributed by atoms with Gasteiger partial charge in [0.25, 0.3) is 0 Å². The normalized spacial score (nSPS) is 11.6. The average molecular weight is 1890 g/mol. The molecule has 0 fully saturated rings. The van der Waals surface area contributed by atoms with Crippen molar-refractivity contribution in [3.8, 4) is 141 Å². The monoisotopic (exact) mass is 1890 g/mol. The smallest absolute Gasteiger partial charge is 0.238 e. The van der Waals surface area contributed by atoms with Crippen molar-refractivity contribution in [2.75, 3.05) is 0 Å². The SMILES string of the molecule is c1ccc(-c2cc(-c3cccc(-n4c5ccccc5c5cc(-c6ccc7sc8ccccc8c7c6)ccc54)c3)nc(-c3ccccc3)n2)cc1.c1ccc(-c2ccc(-c3ccccc3)c(-n3c4ccccc4c4cc(-c5ccc6sc7ccccc7c6c5)ccc43)c2)cc1.c1ccc(-c2nc(-c3ccccc3)nc(-n3c4ccccc4c4cc(-c5cccc6c5sc5c(-c7ccccc7)cccc56)ccc43)n2)cc1. The number of rotatable bonds is 14. The molecule has 0 amide bonds. The molecule has 29 rings (SSSR count). The zero-order valence-corrected chi connectivity index (χ0v) is 80.2. The molecule has 0 atom stereocenters. The Bertz CT molecular complexity index is 9910. The topological polar surface area (TPSA) is 79.2 Å². The second-order valence-electron chi connectivity index (χ2n) is 36.4. The molecular weight excluding hydrogens is 1810 g/mol. The average Bonchev–Trinajstić information content (AvgIpc) is 1.58. The number of nitrogens with zero attached hydrogens (tertiary/aromatic N) is 8. The highest BCUT2D eigenvalue weighted by Gasteiger charge is 2.25. The van der Waals surface area contributed by atoms with Gasteiger partial charge in [-0.15, -0.1) is 34.0 Å².